The van der Waals surface area contributed by atoms with Crippen molar-refractivity contribution >= 4 is 17.3 Å². The zero-order valence-corrected chi connectivity index (χ0v) is 15.8. The van der Waals surface area contributed by atoms with Crippen LogP contribution in [-0.4, -0.2) is 20.6 Å². The number of nitrogens with one attached hydrogen (secondary N) is 1. The summed E-state index contributed by atoms with van der Waals surface area (Å²) in [5.41, 5.74) is 3.38. The van der Waals surface area contributed by atoms with Gasteiger partial charge in [-0.05, 0) is 43.2 Å². The van der Waals surface area contributed by atoms with Crippen LogP contribution in [0.2, 0.25) is 0 Å². The van der Waals surface area contributed by atoms with Gasteiger partial charge in [0.05, 0.1) is 22.5 Å². The van der Waals surface area contributed by atoms with Crippen LogP contribution in [0.15, 0.2) is 48.7 Å². The zero-order chi connectivity index (χ0) is 20.3. The van der Waals surface area contributed by atoms with E-state index in [1.165, 1.54) is 6.07 Å². The molecule has 0 aliphatic rings. The van der Waals surface area contributed by atoms with Gasteiger partial charge in [-0.3, -0.25) is 19.6 Å². The summed E-state index contributed by atoms with van der Waals surface area (Å²) in [6.07, 6.45) is 1.59. The summed E-state index contributed by atoms with van der Waals surface area (Å²) in [5.74, 6) is -0.0734. The van der Waals surface area contributed by atoms with Gasteiger partial charge in [-0.15, -0.1) is 0 Å². The van der Waals surface area contributed by atoms with Crippen molar-refractivity contribution < 1.29 is 14.5 Å². The van der Waals surface area contributed by atoms with Crippen molar-refractivity contribution in [1.82, 2.24) is 9.78 Å². The molecule has 8 heteroatoms. The van der Waals surface area contributed by atoms with E-state index in [0.717, 1.165) is 16.8 Å². The molecule has 1 aromatic heterocycles. The molecule has 1 heterocycles. The Balaban J connectivity index is 1.73. The quantitative estimate of drug-likeness (QED) is 0.518. The first-order valence-electron chi connectivity index (χ1n) is 8.62. The van der Waals surface area contributed by atoms with E-state index in [1.807, 2.05) is 6.92 Å². The number of hydrogen-bond donors (Lipinski definition) is 1. The number of ether oxygens (including phenoxy) is 1. The van der Waals surface area contributed by atoms with Gasteiger partial charge in [-0.1, -0.05) is 18.2 Å². The van der Waals surface area contributed by atoms with Crippen LogP contribution < -0.4 is 10.1 Å². The summed E-state index contributed by atoms with van der Waals surface area (Å²) in [6.45, 7) is 3.75. The van der Waals surface area contributed by atoms with Crippen LogP contribution in [0.25, 0.3) is 0 Å². The van der Waals surface area contributed by atoms with Crippen molar-refractivity contribution in [3.8, 4) is 5.75 Å². The Morgan fingerprint density at radius 2 is 2.04 bits per heavy atom. The Kier molecular flexibility index (Phi) is 5.39. The Labute approximate surface area is 161 Å². The number of carbonyl (C=O) groups excluding carboxylic acids is 1. The molecule has 1 N–H and O–H groups in total. The van der Waals surface area contributed by atoms with Crippen LogP contribution in [-0.2, 0) is 13.7 Å². The molecule has 0 saturated carbocycles. The summed E-state index contributed by atoms with van der Waals surface area (Å²) in [6, 6.07) is 11.7. The Morgan fingerprint density at radius 1 is 1.25 bits per heavy atom. The lowest BCUT2D eigenvalue weighted by Crippen LogP contribution is -2.13. The molecule has 0 unspecified atom stereocenters. The standard InChI is InChI=1S/C20H20N4O4/c1-13-7-8-19(18(9-13)24(26)27)28-12-15-5-4-6-16(10-15)20(25)22-17-11-21-23(3)14(17)2/h4-11H,12H2,1-3H3,(H,22,25). The van der Waals surface area contributed by atoms with Crippen LogP contribution in [0, 0.1) is 24.0 Å². The zero-order valence-electron chi connectivity index (χ0n) is 15.8. The van der Waals surface area contributed by atoms with Crippen LogP contribution in [0.3, 0.4) is 0 Å². The number of benzene rings is 2. The molecule has 0 atom stereocenters. The number of aryl methyl sites for hydroxylation is 2. The van der Waals surface area contributed by atoms with E-state index < -0.39 is 4.92 Å². The summed E-state index contributed by atoms with van der Waals surface area (Å²) in [5, 5.41) is 18.1. The normalized spacial score (nSPS) is 10.5. The number of rotatable bonds is 6. The van der Waals surface area contributed by atoms with Gasteiger partial charge >= 0.3 is 5.69 Å². The fourth-order valence-electron chi connectivity index (χ4n) is 2.67. The van der Waals surface area contributed by atoms with Gasteiger partial charge in [0.15, 0.2) is 5.75 Å². The third-order valence-electron chi connectivity index (χ3n) is 4.38. The molecule has 8 nitrogen and oxygen atoms in total. The van der Waals surface area contributed by atoms with Gasteiger partial charge in [0.25, 0.3) is 5.91 Å². The van der Waals surface area contributed by atoms with E-state index >= 15 is 0 Å². The van der Waals surface area contributed by atoms with Crippen LogP contribution in [0.4, 0.5) is 11.4 Å². The summed E-state index contributed by atoms with van der Waals surface area (Å²) in [7, 11) is 1.80. The minimum atomic E-state index is -0.470. The van der Waals surface area contributed by atoms with Gasteiger partial charge in [-0.25, -0.2) is 0 Å². The summed E-state index contributed by atoms with van der Waals surface area (Å²) >= 11 is 0. The Hall–Kier alpha value is -3.68. The molecule has 0 bridgehead atoms. The number of nitrogens with zero attached hydrogens (tertiary/aromatic N) is 3. The highest BCUT2D eigenvalue weighted by atomic mass is 16.6. The number of nitro benzene ring substituents is 1. The van der Waals surface area contributed by atoms with Gasteiger partial charge in [0.1, 0.15) is 6.61 Å². The molecule has 1 amide bonds. The molecule has 0 saturated heterocycles. The maximum absolute atomic E-state index is 12.5. The molecule has 0 fully saturated rings. The number of carbonyl (C=O) groups is 1. The van der Waals surface area contributed by atoms with E-state index in [0.29, 0.717) is 11.3 Å². The molecule has 3 rings (SSSR count). The highest BCUT2D eigenvalue weighted by Crippen LogP contribution is 2.28. The minimum absolute atomic E-state index is 0.0825. The predicted octanol–water partition coefficient (Wildman–Crippen LogP) is 3.78. The molecule has 0 spiro atoms. The average Bonchev–Trinajstić information content (AvgIpc) is 2.99. The lowest BCUT2D eigenvalue weighted by Gasteiger charge is -2.09. The van der Waals surface area contributed by atoms with Gasteiger partial charge in [0.2, 0.25) is 0 Å². The smallest absolute Gasteiger partial charge is 0.311 e. The first-order valence-corrected chi connectivity index (χ1v) is 8.62. The highest BCUT2D eigenvalue weighted by molar-refractivity contribution is 6.04. The summed E-state index contributed by atoms with van der Waals surface area (Å²) in [4.78, 5) is 23.2. The molecule has 28 heavy (non-hydrogen) atoms. The van der Waals surface area contributed by atoms with Crippen molar-refractivity contribution in [3.05, 3.63) is 81.2 Å². The molecule has 144 valence electrons. The second-order valence-corrected chi connectivity index (χ2v) is 6.44. The molecule has 0 aliphatic carbocycles. The molecule has 2 aromatic carbocycles. The molecular formula is C20H20N4O4. The van der Waals surface area contributed by atoms with Crippen LogP contribution in [0.1, 0.15) is 27.2 Å². The number of aromatic nitrogens is 2. The van der Waals surface area contributed by atoms with Crippen molar-refractivity contribution in [2.45, 2.75) is 20.5 Å². The molecule has 3 aromatic rings. The third-order valence-corrected chi connectivity index (χ3v) is 4.38. The minimum Gasteiger partial charge on any atom is -0.482 e. The molecular weight excluding hydrogens is 360 g/mol. The van der Waals surface area contributed by atoms with E-state index in [-0.39, 0.29) is 24.0 Å². The monoisotopic (exact) mass is 380 g/mol. The lowest BCUT2D eigenvalue weighted by atomic mass is 10.1. The van der Waals surface area contributed by atoms with Crippen LogP contribution >= 0.6 is 0 Å². The Bertz CT molecular complexity index is 1040. The van der Waals surface area contributed by atoms with Crippen molar-refractivity contribution in [1.29, 1.82) is 0 Å². The van der Waals surface area contributed by atoms with Gasteiger partial charge in [-0.2, -0.15) is 5.10 Å². The highest BCUT2D eigenvalue weighted by Gasteiger charge is 2.16. The first kappa shape index (κ1) is 19.1. The van der Waals surface area contributed by atoms with Gasteiger partial charge < -0.3 is 10.1 Å². The van der Waals surface area contributed by atoms with E-state index in [9.17, 15) is 14.9 Å². The summed E-state index contributed by atoms with van der Waals surface area (Å²) < 4.78 is 7.30. The predicted molar refractivity (Wildman–Crippen MR) is 105 cm³/mol. The fourth-order valence-corrected chi connectivity index (χ4v) is 2.67. The van der Waals surface area contributed by atoms with E-state index in [2.05, 4.69) is 10.4 Å². The maximum atomic E-state index is 12.5. The van der Waals surface area contributed by atoms with Gasteiger partial charge in [0, 0.05) is 18.7 Å². The Morgan fingerprint density at radius 3 is 2.71 bits per heavy atom. The molecule has 0 radical (unpaired) electrons. The SMILES string of the molecule is Cc1ccc(OCc2cccc(C(=O)Nc3cnn(C)c3C)c2)c([N+](=O)[O-])c1. The van der Waals surface area contributed by atoms with Crippen molar-refractivity contribution in [3.63, 3.8) is 0 Å². The average molecular weight is 380 g/mol. The number of anilines is 1. The van der Waals surface area contributed by atoms with Crippen molar-refractivity contribution in [2.24, 2.45) is 7.05 Å². The second kappa shape index (κ2) is 7.91. The lowest BCUT2D eigenvalue weighted by molar-refractivity contribution is -0.386. The van der Waals surface area contributed by atoms with Crippen LogP contribution in [0.5, 0.6) is 5.75 Å². The largest absolute Gasteiger partial charge is 0.482 e. The maximum Gasteiger partial charge on any atom is 0.311 e. The molecule has 0 aliphatic heterocycles. The third kappa shape index (κ3) is 4.17. The number of nitro groups is 1. The van der Waals surface area contributed by atoms with E-state index in [1.54, 1.807) is 61.2 Å². The second-order valence-electron chi connectivity index (χ2n) is 6.44. The first-order chi connectivity index (χ1) is 13.3. The van der Waals surface area contributed by atoms with Crippen molar-refractivity contribution in [2.75, 3.05) is 5.32 Å². The number of hydrogen-bond acceptors (Lipinski definition) is 5. The fraction of sp³-hybridized carbons (Fsp3) is 0.200. The number of amides is 1. The topological polar surface area (TPSA) is 99.3 Å². The van der Waals surface area contributed by atoms with E-state index in [4.69, 9.17) is 4.74 Å².